The molecule has 2 aromatic heterocycles. The quantitative estimate of drug-likeness (QED) is 0.696. The minimum absolute atomic E-state index is 0.121. The number of benzene rings is 1. The Balaban J connectivity index is 1.53. The normalized spacial score (nSPS) is 11.9. The summed E-state index contributed by atoms with van der Waals surface area (Å²) < 4.78 is 10.6. The van der Waals surface area contributed by atoms with E-state index >= 15 is 0 Å². The number of aromatic nitrogens is 5. The Morgan fingerprint density at radius 3 is 2.67 bits per heavy atom. The fraction of sp³-hybridized carbons (Fsp3) is 0.250. The van der Waals surface area contributed by atoms with Crippen molar-refractivity contribution in [3.05, 3.63) is 48.8 Å². The molecule has 0 saturated heterocycles. The monoisotopic (exact) mass is 327 g/mol. The average Bonchev–Trinajstić information content (AvgIpc) is 3.09. The molecule has 1 unspecified atom stereocenters. The van der Waals surface area contributed by atoms with Gasteiger partial charge in [-0.25, -0.2) is 0 Å². The van der Waals surface area contributed by atoms with Gasteiger partial charge >= 0.3 is 0 Å². The van der Waals surface area contributed by atoms with E-state index in [1.54, 1.807) is 49.8 Å². The zero-order valence-corrected chi connectivity index (χ0v) is 13.1. The number of aliphatic hydroxyl groups is 1. The molecule has 24 heavy (non-hydrogen) atoms. The summed E-state index contributed by atoms with van der Waals surface area (Å²) in [5.41, 5.74) is 0.771. The third-order valence-electron chi connectivity index (χ3n) is 3.25. The molecule has 0 aliphatic rings. The summed E-state index contributed by atoms with van der Waals surface area (Å²) in [6.07, 6.45) is 2.57. The Kier molecular flexibility index (Phi) is 4.97. The maximum Gasteiger partial charge on any atom is 0.206 e. The number of nitrogens with zero attached hydrogens (tertiary/aromatic N) is 5. The fourth-order valence-electron chi connectivity index (χ4n) is 2.04. The van der Waals surface area contributed by atoms with Crippen molar-refractivity contribution in [3.8, 4) is 22.9 Å². The summed E-state index contributed by atoms with van der Waals surface area (Å²) in [4.78, 5) is 5.35. The first kappa shape index (κ1) is 15.9. The largest absolute Gasteiger partial charge is 0.497 e. The van der Waals surface area contributed by atoms with Crippen molar-refractivity contribution in [1.29, 1.82) is 0 Å². The van der Waals surface area contributed by atoms with Gasteiger partial charge in [0.25, 0.3) is 0 Å². The van der Waals surface area contributed by atoms with Gasteiger partial charge in [0.15, 0.2) is 0 Å². The molecule has 8 nitrogen and oxygen atoms in total. The Morgan fingerprint density at radius 2 is 1.96 bits per heavy atom. The molecular formula is C16H17N5O3. The number of ether oxygens (including phenoxy) is 2. The van der Waals surface area contributed by atoms with Crippen LogP contribution in [0.15, 0.2) is 48.8 Å². The van der Waals surface area contributed by atoms with Crippen molar-refractivity contribution in [2.45, 2.75) is 12.6 Å². The minimum atomic E-state index is -0.761. The molecular weight excluding hydrogens is 310 g/mol. The molecule has 0 aliphatic carbocycles. The van der Waals surface area contributed by atoms with Crippen molar-refractivity contribution in [2.75, 3.05) is 13.7 Å². The lowest BCUT2D eigenvalue weighted by atomic mass is 10.3. The van der Waals surface area contributed by atoms with Gasteiger partial charge < -0.3 is 14.6 Å². The van der Waals surface area contributed by atoms with Crippen LogP contribution in [0.2, 0.25) is 0 Å². The van der Waals surface area contributed by atoms with Crippen LogP contribution < -0.4 is 9.47 Å². The first-order chi connectivity index (χ1) is 11.7. The predicted molar refractivity (Wildman–Crippen MR) is 85.5 cm³/mol. The molecule has 0 saturated carbocycles. The van der Waals surface area contributed by atoms with E-state index in [1.807, 2.05) is 6.07 Å². The molecule has 0 aliphatic heterocycles. The number of rotatable bonds is 7. The Morgan fingerprint density at radius 1 is 1.17 bits per heavy atom. The van der Waals surface area contributed by atoms with E-state index in [9.17, 15) is 5.11 Å². The van der Waals surface area contributed by atoms with Gasteiger partial charge in [0, 0.05) is 18.0 Å². The highest BCUT2D eigenvalue weighted by Gasteiger charge is 2.11. The van der Waals surface area contributed by atoms with Crippen LogP contribution in [-0.4, -0.2) is 50.1 Å². The van der Waals surface area contributed by atoms with Gasteiger partial charge in [-0.2, -0.15) is 4.80 Å². The van der Waals surface area contributed by atoms with Gasteiger partial charge in [0.2, 0.25) is 5.82 Å². The number of methoxy groups -OCH3 is 1. The summed E-state index contributed by atoms with van der Waals surface area (Å²) in [7, 11) is 1.60. The zero-order valence-electron chi connectivity index (χ0n) is 13.1. The van der Waals surface area contributed by atoms with Crippen molar-refractivity contribution in [3.63, 3.8) is 0 Å². The van der Waals surface area contributed by atoms with Crippen molar-refractivity contribution in [1.82, 2.24) is 25.2 Å². The number of hydrogen-bond donors (Lipinski definition) is 1. The van der Waals surface area contributed by atoms with Crippen LogP contribution in [0.5, 0.6) is 11.5 Å². The second-order valence-corrected chi connectivity index (χ2v) is 5.05. The SMILES string of the molecule is COc1ccc(OCC(O)Cn2nnc(-c3cccnc3)n2)cc1. The van der Waals surface area contributed by atoms with Crippen LogP contribution in [-0.2, 0) is 6.54 Å². The minimum Gasteiger partial charge on any atom is -0.497 e. The molecule has 0 bridgehead atoms. The highest BCUT2D eigenvalue weighted by Crippen LogP contribution is 2.17. The van der Waals surface area contributed by atoms with Crippen LogP contribution in [0, 0.1) is 0 Å². The fourth-order valence-corrected chi connectivity index (χ4v) is 2.04. The zero-order chi connectivity index (χ0) is 16.8. The maximum atomic E-state index is 10.1. The molecule has 0 spiro atoms. The Hall–Kier alpha value is -3.00. The number of hydrogen-bond acceptors (Lipinski definition) is 7. The van der Waals surface area contributed by atoms with E-state index in [1.165, 1.54) is 4.80 Å². The van der Waals surface area contributed by atoms with Gasteiger partial charge in [0.1, 0.15) is 24.2 Å². The smallest absolute Gasteiger partial charge is 0.206 e. The van der Waals surface area contributed by atoms with E-state index in [4.69, 9.17) is 9.47 Å². The third-order valence-corrected chi connectivity index (χ3v) is 3.25. The molecule has 2 heterocycles. The van der Waals surface area contributed by atoms with Crippen LogP contribution in [0.25, 0.3) is 11.4 Å². The van der Waals surface area contributed by atoms with Crippen molar-refractivity contribution >= 4 is 0 Å². The molecule has 3 rings (SSSR count). The van der Waals surface area contributed by atoms with E-state index in [-0.39, 0.29) is 13.2 Å². The van der Waals surface area contributed by atoms with E-state index in [0.717, 1.165) is 11.3 Å². The molecule has 0 amide bonds. The molecule has 1 aromatic carbocycles. The Bertz CT molecular complexity index is 761. The van der Waals surface area contributed by atoms with Gasteiger partial charge in [-0.1, -0.05) is 0 Å². The second kappa shape index (κ2) is 7.51. The summed E-state index contributed by atoms with van der Waals surface area (Å²) in [5.74, 6) is 1.86. The molecule has 1 atom stereocenters. The first-order valence-corrected chi connectivity index (χ1v) is 7.38. The van der Waals surface area contributed by atoms with Crippen LogP contribution in [0.4, 0.5) is 0 Å². The highest BCUT2D eigenvalue weighted by molar-refractivity contribution is 5.51. The lowest BCUT2D eigenvalue weighted by Gasteiger charge is -2.11. The van der Waals surface area contributed by atoms with E-state index in [2.05, 4.69) is 20.4 Å². The molecule has 1 N–H and O–H groups in total. The number of tetrazole rings is 1. The van der Waals surface area contributed by atoms with Crippen LogP contribution >= 0.6 is 0 Å². The average molecular weight is 327 g/mol. The summed E-state index contributed by atoms with van der Waals surface area (Å²) in [6, 6.07) is 10.8. The topological polar surface area (TPSA) is 95.2 Å². The van der Waals surface area contributed by atoms with Crippen molar-refractivity contribution < 1.29 is 14.6 Å². The van der Waals surface area contributed by atoms with E-state index < -0.39 is 6.10 Å². The van der Waals surface area contributed by atoms with Gasteiger partial charge in [0.05, 0.1) is 13.7 Å². The molecule has 8 heteroatoms. The standard InChI is InChI=1S/C16H17N5O3/c1-23-14-4-6-15(7-5-14)24-11-13(22)10-21-19-16(18-20-21)12-3-2-8-17-9-12/h2-9,13,22H,10-11H2,1H3. The second-order valence-electron chi connectivity index (χ2n) is 5.05. The van der Waals surface area contributed by atoms with Gasteiger partial charge in [-0.15, -0.1) is 10.2 Å². The number of pyridine rings is 1. The maximum absolute atomic E-state index is 10.1. The van der Waals surface area contributed by atoms with Crippen LogP contribution in [0.1, 0.15) is 0 Å². The first-order valence-electron chi connectivity index (χ1n) is 7.38. The lowest BCUT2D eigenvalue weighted by molar-refractivity contribution is 0.0849. The van der Waals surface area contributed by atoms with Crippen LogP contribution in [0.3, 0.4) is 0 Å². The molecule has 0 fully saturated rings. The number of aliphatic hydroxyl groups excluding tert-OH is 1. The Labute approximate surface area is 138 Å². The van der Waals surface area contributed by atoms with Gasteiger partial charge in [-0.3, -0.25) is 4.98 Å². The van der Waals surface area contributed by atoms with Crippen molar-refractivity contribution in [2.24, 2.45) is 0 Å². The summed E-state index contributed by atoms with van der Waals surface area (Å²) in [5, 5.41) is 22.2. The lowest BCUT2D eigenvalue weighted by Crippen LogP contribution is -2.24. The third kappa shape index (κ3) is 4.05. The molecule has 0 radical (unpaired) electrons. The van der Waals surface area contributed by atoms with Gasteiger partial charge in [-0.05, 0) is 41.6 Å². The van der Waals surface area contributed by atoms with E-state index in [0.29, 0.717) is 11.6 Å². The summed E-state index contributed by atoms with van der Waals surface area (Å²) in [6.45, 7) is 0.305. The predicted octanol–water partition coefficient (Wildman–Crippen LogP) is 1.18. The summed E-state index contributed by atoms with van der Waals surface area (Å²) >= 11 is 0. The highest BCUT2D eigenvalue weighted by atomic mass is 16.5. The molecule has 124 valence electrons. The molecule has 3 aromatic rings.